The second-order valence-electron chi connectivity index (χ2n) is 11.2. The molecule has 0 aliphatic carbocycles. The SMILES string of the molecule is CC(C)(C)N1P2Oc3ccc4ccccc4c3-c3c(ccc4ccccc34)OP1(=O)N2C(C)(C)C. The first kappa shape index (κ1) is 23.0. The normalized spacial score (nSPS) is 22.7. The van der Waals surface area contributed by atoms with Crippen molar-refractivity contribution in [3.8, 4) is 22.6 Å². The first-order valence-electron chi connectivity index (χ1n) is 11.9. The van der Waals surface area contributed by atoms with E-state index in [1.54, 1.807) is 0 Å². The zero-order chi connectivity index (χ0) is 24.8. The Hall–Kier alpha value is -2.42. The van der Waals surface area contributed by atoms with Crippen LogP contribution in [0.25, 0.3) is 32.7 Å². The molecule has 4 aromatic carbocycles. The largest absolute Gasteiger partial charge is 0.443 e. The lowest BCUT2D eigenvalue weighted by Gasteiger charge is -2.60. The van der Waals surface area contributed by atoms with E-state index >= 15 is 0 Å². The van der Waals surface area contributed by atoms with Gasteiger partial charge in [-0.15, -0.1) is 8.88 Å². The van der Waals surface area contributed by atoms with Gasteiger partial charge in [0.1, 0.15) is 11.5 Å². The van der Waals surface area contributed by atoms with Crippen LogP contribution in [0.2, 0.25) is 0 Å². The zero-order valence-electron chi connectivity index (χ0n) is 20.9. The van der Waals surface area contributed by atoms with E-state index in [0.717, 1.165) is 38.4 Å². The molecule has 1 fully saturated rings. The number of fused-ring (bicyclic) bond motifs is 2. The lowest BCUT2D eigenvalue weighted by molar-refractivity contribution is 0.192. The molecule has 3 heterocycles. The van der Waals surface area contributed by atoms with E-state index in [9.17, 15) is 4.57 Å². The highest BCUT2D eigenvalue weighted by Gasteiger charge is 2.69. The number of benzene rings is 4. The van der Waals surface area contributed by atoms with E-state index < -0.39 is 27.2 Å². The third-order valence-corrected chi connectivity index (χ3v) is 13.5. The third kappa shape index (κ3) is 3.37. The van der Waals surface area contributed by atoms with Crippen LogP contribution in [0.15, 0.2) is 72.8 Å². The summed E-state index contributed by atoms with van der Waals surface area (Å²) in [5.74, 6) is 1.40. The van der Waals surface area contributed by atoms with Crippen molar-refractivity contribution in [2.75, 3.05) is 0 Å². The van der Waals surface area contributed by atoms with Crippen molar-refractivity contribution in [2.24, 2.45) is 0 Å². The molecule has 0 spiro atoms. The molecule has 7 heteroatoms. The van der Waals surface area contributed by atoms with E-state index in [0.29, 0.717) is 5.75 Å². The highest BCUT2D eigenvalue weighted by Crippen LogP contribution is 2.86. The number of hydrogen-bond acceptors (Lipinski definition) is 3. The fourth-order valence-corrected chi connectivity index (χ4v) is 11.5. The molecule has 180 valence electrons. The summed E-state index contributed by atoms with van der Waals surface area (Å²) in [7, 11) is -4.80. The fourth-order valence-electron chi connectivity index (χ4n) is 5.14. The number of rotatable bonds is 0. The average molecular weight is 505 g/mol. The Labute approximate surface area is 208 Å². The maximum atomic E-state index is 14.9. The minimum atomic E-state index is -3.43. The molecule has 7 rings (SSSR count). The Morgan fingerprint density at radius 3 is 1.63 bits per heavy atom. The average Bonchev–Trinajstić information content (AvgIpc) is 2.84. The van der Waals surface area contributed by atoms with Crippen LogP contribution < -0.4 is 9.05 Å². The van der Waals surface area contributed by atoms with Gasteiger partial charge in [-0.1, -0.05) is 60.7 Å². The Morgan fingerprint density at radius 1 is 0.657 bits per heavy atom. The van der Waals surface area contributed by atoms with Crippen LogP contribution in [-0.4, -0.2) is 20.0 Å². The van der Waals surface area contributed by atoms with Crippen LogP contribution in [0.5, 0.6) is 11.5 Å². The van der Waals surface area contributed by atoms with E-state index in [4.69, 9.17) is 9.05 Å². The highest BCUT2D eigenvalue weighted by molar-refractivity contribution is 7.81. The highest BCUT2D eigenvalue weighted by atomic mass is 31.3. The number of nitrogens with zero attached hydrogens (tertiary/aromatic N) is 2. The van der Waals surface area contributed by atoms with E-state index in [1.807, 2.05) is 33.1 Å². The van der Waals surface area contributed by atoms with Gasteiger partial charge in [-0.3, -0.25) is 0 Å². The molecular weight excluding hydrogens is 474 g/mol. The van der Waals surface area contributed by atoms with Gasteiger partial charge in [0.05, 0.1) is 0 Å². The number of hydrogen-bond donors (Lipinski definition) is 0. The quantitative estimate of drug-likeness (QED) is 0.224. The molecule has 0 aromatic heterocycles. The minimum absolute atomic E-state index is 0.415. The fraction of sp³-hybridized carbons (Fsp3) is 0.286. The molecule has 0 N–H and O–H groups in total. The summed E-state index contributed by atoms with van der Waals surface area (Å²) >= 11 is 0. The standard InChI is InChI=1S/C28H30N2O3P2/c1-27(2,3)29-34-30(28(4,5)6)35(29,31)33-24-18-16-20-12-8-10-14-22(20)26(24)25-21-13-9-7-11-19(21)15-17-23(25)32-34/h7-18H,1-6H3. The summed E-state index contributed by atoms with van der Waals surface area (Å²) in [5, 5.41) is 4.37. The van der Waals surface area contributed by atoms with Crippen molar-refractivity contribution in [3.05, 3.63) is 72.8 Å². The van der Waals surface area contributed by atoms with Crippen molar-refractivity contribution in [3.63, 3.8) is 0 Å². The van der Waals surface area contributed by atoms with Crippen molar-refractivity contribution in [1.29, 1.82) is 0 Å². The Balaban J connectivity index is 1.75. The van der Waals surface area contributed by atoms with Gasteiger partial charge >= 0.3 is 7.67 Å². The smallest absolute Gasteiger partial charge is 0.411 e. The van der Waals surface area contributed by atoms with Crippen molar-refractivity contribution in [1.82, 2.24) is 8.88 Å². The van der Waals surface area contributed by atoms with Gasteiger partial charge in [-0.05, 0) is 75.2 Å². The molecular formula is C28H30N2O3P2. The van der Waals surface area contributed by atoms with E-state index in [1.165, 1.54) is 0 Å². The van der Waals surface area contributed by atoms with Crippen LogP contribution in [0.4, 0.5) is 0 Å². The van der Waals surface area contributed by atoms with Crippen LogP contribution >= 0.6 is 16.1 Å². The molecule has 3 aliphatic rings. The summed E-state index contributed by atoms with van der Waals surface area (Å²) in [6.07, 6.45) is 0. The zero-order valence-corrected chi connectivity index (χ0v) is 22.7. The van der Waals surface area contributed by atoms with Crippen molar-refractivity contribution >= 4 is 37.7 Å². The van der Waals surface area contributed by atoms with Crippen LogP contribution in [0, 0.1) is 0 Å². The molecule has 0 atom stereocenters. The lowest BCUT2D eigenvalue weighted by Crippen LogP contribution is -2.56. The second-order valence-corrected chi connectivity index (χ2v) is 15.2. The third-order valence-electron chi connectivity index (χ3n) is 6.43. The van der Waals surface area contributed by atoms with Gasteiger partial charge < -0.3 is 9.05 Å². The maximum Gasteiger partial charge on any atom is 0.411 e. The maximum absolute atomic E-state index is 14.9. The predicted molar refractivity (Wildman–Crippen MR) is 146 cm³/mol. The molecule has 0 unspecified atom stereocenters. The summed E-state index contributed by atoms with van der Waals surface area (Å²) in [6, 6.07) is 24.8. The first-order chi connectivity index (χ1) is 16.5. The van der Waals surface area contributed by atoms with Gasteiger partial charge in [-0.2, -0.15) is 0 Å². The molecule has 4 aromatic rings. The van der Waals surface area contributed by atoms with Crippen molar-refractivity contribution < 1.29 is 13.6 Å². The summed E-state index contributed by atoms with van der Waals surface area (Å²) in [6.45, 7) is 12.4. The molecule has 35 heavy (non-hydrogen) atoms. The molecule has 3 aliphatic heterocycles. The molecule has 2 bridgehead atoms. The lowest BCUT2D eigenvalue weighted by atomic mass is 9.92. The molecule has 0 amide bonds. The molecule has 1 saturated heterocycles. The molecule has 0 radical (unpaired) electrons. The van der Waals surface area contributed by atoms with Gasteiger partial charge in [-0.25, -0.2) is 4.57 Å². The van der Waals surface area contributed by atoms with Crippen LogP contribution in [0.3, 0.4) is 0 Å². The van der Waals surface area contributed by atoms with E-state index in [-0.39, 0.29) is 0 Å². The monoisotopic (exact) mass is 504 g/mol. The van der Waals surface area contributed by atoms with Crippen LogP contribution in [0.1, 0.15) is 41.5 Å². The second kappa shape index (κ2) is 7.54. The van der Waals surface area contributed by atoms with Gasteiger partial charge in [0.25, 0.3) is 8.45 Å². The summed E-state index contributed by atoms with van der Waals surface area (Å²) < 4.78 is 32.4. The summed E-state index contributed by atoms with van der Waals surface area (Å²) in [5.41, 5.74) is 1.08. The van der Waals surface area contributed by atoms with E-state index in [2.05, 4.69) is 90.1 Å². The van der Waals surface area contributed by atoms with Gasteiger partial charge in [0.15, 0.2) is 0 Å². The van der Waals surface area contributed by atoms with Crippen LogP contribution in [-0.2, 0) is 4.57 Å². The Morgan fingerprint density at radius 2 is 1.11 bits per heavy atom. The molecule has 0 saturated carbocycles. The molecule has 5 nitrogen and oxygen atoms in total. The Kier molecular flexibility index (Phi) is 4.96. The summed E-state index contributed by atoms with van der Waals surface area (Å²) in [4.78, 5) is 0. The Bertz CT molecular complexity index is 1510. The predicted octanol–water partition coefficient (Wildman–Crippen LogP) is 8.98. The topological polar surface area (TPSA) is 42.0 Å². The van der Waals surface area contributed by atoms with Gasteiger partial charge in [0, 0.05) is 22.2 Å². The minimum Gasteiger partial charge on any atom is -0.443 e. The van der Waals surface area contributed by atoms with Gasteiger partial charge in [0.2, 0.25) is 0 Å². The van der Waals surface area contributed by atoms with Crippen molar-refractivity contribution in [2.45, 2.75) is 52.6 Å². The first-order valence-corrected chi connectivity index (χ1v) is 14.6.